The van der Waals surface area contributed by atoms with Crippen molar-refractivity contribution in [1.29, 1.82) is 0 Å². The summed E-state index contributed by atoms with van der Waals surface area (Å²) >= 11 is 10.8. The van der Waals surface area contributed by atoms with E-state index in [1.165, 1.54) is 11.3 Å². The number of carbonyl (C=O) groups excluding carboxylic acids is 1. The molecule has 0 spiro atoms. The third-order valence-electron chi connectivity index (χ3n) is 2.08. The van der Waals surface area contributed by atoms with Crippen molar-refractivity contribution >= 4 is 44.7 Å². The smallest absolute Gasteiger partial charge is 0.186 e. The number of nitrogens with zero attached hydrogens (tertiary/aromatic N) is 1. The lowest BCUT2D eigenvalue weighted by molar-refractivity contribution is 0.0989. The SMILES string of the molecule is O=C(Cc1ccc(Br)cc1Cl)c1cscn1. The van der Waals surface area contributed by atoms with E-state index < -0.39 is 0 Å². The van der Waals surface area contributed by atoms with Crippen LogP contribution in [0.2, 0.25) is 5.02 Å². The van der Waals surface area contributed by atoms with Gasteiger partial charge in [0, 0.05) is 21.3 Å². The molecule has 1 heterocycles. The quantitative estimate of drug-likeness (QED) is 0.802. The van der Waals surface area contributed by atoms with Crippen LogP contribution in [0.5, 0.6) is 0 Å². The number of hydrogen-bond acceptors (Lipinski definition) is 3. The Morgan fingerprint density at radius 2 is 2.31 bits per heavy atom. The molecule has 0 unspecified atom stereocenters. The molecule has 0 bridgehead atoms. The first-order chi connectivity index (χ1) is 7.66. The predicted octanol–water partition coefficient (Wildman–Crippen LogP) is 3.98. The average Bonchev–Trinajstić information content (AvgIpc) is 2.75. The molecule has 5 heteroatoms. The van der Waals surface area contributed by atoms with E-state index in [4.69, 9.17) is 11.6 Å². The molecule has 2 nitrogen and oxygen atoms in total. The molecule has 2 aromatic rings. The molecule has 1 aromatic heterocycles. The Morgan fingerprint density at radius 1 is 1.50 bits per heavy atom. The van der Waals surface area contributed by atoms with Gasteiger partial charge in [0.05, 0.1) is 5.51 Å². The fourth-order valence-corrected chi connectivity index (χ4v) is 2.58. The molecule has 0 fully saturated rings. The van der Waals surface area contributed by atoms with Crippen molar-refractivity contribution < 1.29 is 4.79 Å². The summed E-state index contributed by atoms with van der Waals surface area (Å²) in [5.41, 5.74) is 2.98. The van der Waals surface area contributed by atoms with Crippen LogP contribution in [0.15, 0.2) is 33.6 Å². The Balaban J connectivity index is 2.18. The maximum atomic E-state index is 11.8. The van der Waals surface area contributed by atoms with Gasteiger partial charge in [0.2, 0.25) is 0 Å². The predicted molar refractivity (Wildman–Crippen MR) is 69.3 cm³/mol. The van der Waals surface area contributed by atoms with Gasteiger partial charge in [0.25, 0.3) is 0 Å². The lowest BCUT2D eigenvalue weighted by Crippen LogP contribution is -2.04. The van der Waals surface area contributed by atoms with Crippen LogP contribution in [-0.2, 0) is 6.42 Å². The van der Waals surface area contributed by atoms with Crippen molar-refractivity contribution in [2.24, 2.45) is 0 Å². The maximum absolute atomic E-state index is 11.8. The number of carbonyl (C=O) groups is 1. The molecular weight excluding hydrogens is 310 g/mol. The zero-order chi connectivity index (χ0) is 11.5. The maximum Gasteiger partial charge on any atom is 0.186 e. The summed E-state index contributed by atoms with van der Waals surface area (Å²) in [6, 6.07) is 5.50. The molecule has 0 saturated carbocycles. The summed E-state index contributed by atoms with van der Waals surface area (Å²) in [6.45, 7) is 0. The highest BCUT2D eigenvalue weighted by atomic mass is 79.9. The van der Waals surface area contributed by atoms with Gasteiger partial charge in [-0.25, -0.2) is 4.98 Å². The molecule has 82 valence electrons. The summed E-state index contributed by atoms with van der Waals surface area (Å²) in [6.07, 6.45) is 0.288. The van der Waals surface area contributed by atoms with Crippen molar-refractivity contribution in [3.8, 4) is 0 Å². The number of thiazole rings is 1. The standard InChI is InChI=1S/C11H7BrClNOS/c12-8-2-1-7(9(13)4-8)3-11(15)10-5-16-6-14-10/h1-2,4-6H,3H2. The summed E-state index contributed by atoms with van der Waals surface area (Å²) in [5, 5.41) is 2.34. The molecule has 0 radical (unpaired) electrons. The van der Waals surface area contributed by atoms with Crippen LogP contribution in [-0.4, -0.2) is 10.8 Å². The normalized spacial score (nSPS) is 10.4. The molecule has 0 aliphatic rings. The highest BCUT2D eigenvalue weighted by Gasteiger charge is 2.11. The van der Waals surface area contributed by atoms with Crippen LogP contribution in [0.3, 0.4) is 0 Å². The van der Waals surface area contributed by atoms with E-state index in [-0.39, 0.29) is 12.2 Å². The number of halogens is 2. The van der Waals surface area contributed by atoms with Gasteiger partial charge in [-0.15, -0.1) is 11.3 Å². The average molecular weight is 317 g/mol. The highest BCUT2D eigenvalue weighted by Crippen LogP contribution is 2.22. The van der Waals surface area contributed by atoms with Crippen LogP contribution in [0.4, 0.5) is 0 Å². The Kier molecular flexibility index (Phi) is 3.74. The van der Waals surface area contributed by atoms with Gasteiger partial charge >= 0.3 is 0 Å². The van der Waals surface area contributed by atoms with E-state index in [9.17, 15) is 4.79 Å². The van der Waals surface area contributed by atoms with Gasteiger partial charge in [-0.3, -0.25) is 4.79 Å². The van der Waals surface area contributed by atoms with E-state index in [0.717, 1.165) is 10.0 Å². The largest absolute Gasteiger partial charge is 0.292 e. The molecule has 0 aliphatic heterocycles. The number of ketones is 1. The van der Waals surface area contributed by atoms with Crippen molar-refractivity contribution in [2.75, 3.05) is 0 Å². The Hall–Kier alpha value is -0.710. The number of rotatable bonds is 3. The van der Waals surface area contributed by atoms with Gasteiger partial charge in [0.15, 0.2) is 5.78 Å². The summed E-state index contributed by atoms with van der Waals surface area (Å²) in [5.74, 6) is -0.00882. The van der Waals surface area contributed by atoms with Crippen molar-refractivity contribution in [3.63, 3.8) is 0 Å². The van der Waals surface area contributed by atoms with Gasteiger partial charge < -0.3 is 0 Å². The zero-order valence-electron chi connectivity index (χ0n) is 8.11. The third kappa shape index (κ3) is 2.70. The molecule has 0 atom stereocenters. The number of benzene rings is 1. The Morgan fingerprint density at radius 3 is 2.94 bits per heavy atom. The van der Waals surface area contributed by atoms with E-state index in [2.05, 4.69) is 20.9 Å². The first-order valence-corrected chi connectivity index (χ1v) is 6.63. The first-order valence-electron chi connectivity index (χ1n) is 4.52. The van der Waals surface area contributed by atoms with Gasteiger partial charge in [0.1, 0.15) is 5.69 Å². The Bertz CT molecular complexity index is 513. The van der Waals surface area contributed by atoms with Crippen LogP contribution in [0, 0.1) is 0 Å². The van der Waals surface area contributed by atoms with E-state index in [1.807, 2.05) is 12.1 Å². The molecular formula is C11H7BrClNOS. The molecule has 0 N–H and O–H groups in total. The van der Waals surface area contributed by atoms with Crippen LogP contribution in [0.1, 0.15) is 16.1 Å². The lowest BCUT2D eigenvalue weighted by atomic mass is 10.1. The van der Waals surface area contributed by atoms with Crippen molar-refractivity contribution in [3.05, 3.63) is 49.8 Å². The monoisotopic (exact) mass is 315 g/mol. The summed E-state index contributed by atoms with van der Waals surface area (Å²) in [4.78, 5) is 15.8. The lowest BCUT2D eigenvalue weighted by Gasteiger charge is -2.02. The highest BCUT2D eigenvalue weighted by molar-refractivity contribution is 9.10. The fourth-order valence-electron chi connectivity index (χ4n) is 1.28. The molecule has 16 heavy (non-hydrogen) atoms. The van der Waals surface area contributed by atoms with Crippen LogP contribution in [0.25, 0.3) is 0 Å². The minimum Gasteiger partial charge on any atom is -0.292 e. The summed E-state index contributed by atoms with van der Waals surface area (Å²) < 4.78 is 0.905. The van der Waals surface area contributed by atoms with Crippen molar-refractivity contribution in [2.45, 2.75) is 6.42 Å². The van der Waals surface area contributed by atoms with Crippen LogP contribution >= 0.6 is 38.9 Å². The second kappa shape index (κ2) is 5.08. The van der Waals surface area contributed by atoms with Crippen LogP contribution < -0.4 is 0 Å². The van der Waals surface area contributed by atoms with E-state index in [1.54, 1.807) is 17.0 Å². The second-order valence-corrected chi connectivity index (χ2v) is 5.25. The zero-order valence-corrected chi connectivity index (χ0v) is 11.3. The minimum absolute atomic E-state index is 0.00882. The van der Waals surface area contributed by atoms with E-state index in [0.29, 0.717) is 10.7 Å². The first kappa shape index (κ1) is 11.8. The second-order valence-electron chi connectivity index (χ2n) is 3.21. The molecule has 0 saturated heterocycles. The number of aromatic nitrogens is 1. The van der Waals surface area contributed by atoms with Crippen molar-refractivity contribution in [1.82, 2.24) is 4.98 Å². The van der Waals surface area contributed by atoms with Gasteiger partial charge in [-0.1, -0.05) is 33.6 Å². The third-order valence-corrected chi connectivity index (χ3v) is 3.52. The summed E-state index contributed by atoms with van der Waals surface area (Å²) in [7, 11) is 0. The topological polar surface area (TPSA) is 30.0 Å². The number of hydrogen-bond donors (Lipinski definition) is 0. The fraction of sp³-hybridized carbons (Fsp3) is 0.0909. The molecule has 0 amide bonds. The number of Topliss-reactive ketones (excluding diaryl/α,β-unsaturated/α-hetero) is 1. The molecule has 2 rings (SSSR count). The molecule has 0 aliphatic carbocycles. The van der Waals surface area contributed by atoms with Gasteiger partial charge in [-0.05, 0) is 17.7 Å². The van der Waals surface area contributed by atoms with E-state index >= 15 is 0 Å². The minimum atomic E-state index is -0.00882. The van der Waals surface area contributed by atoms with Gasteiger partial charge in [-0.2, -0.15) is 0 Å². The Labute approximate surface area is 110 Å². The molecule has 1 aromatic carbocycles.